The zero-order chi connectivity index (χ0) is 21.3. The number of carbonyl (C=O) groups is 2. The number of benzene rings is 2. The van der Waals surface area contributed by atoms with E-state index in [9.17, 15) is 14.4 Å². The highest BCUT2D eigenvalue weighted by atomic mass is 35.5. The van der Waals surface area contributed by atoms with Gasteiger partial charge in [0.05, 0.1) is 34.8 Å². The molecular weight excluding hydrogens is 406 g/mol. The van der Waals surface area contributed by atoms with Gasteiger partial charge >= 0.3 is 0 Å². The summed E-state index contributed by atoms with van der Waals surface area (Å²) in [5.41, 5.74) is 1.61. The summed E-state index contributed by atoms with van der Waals surface area (Å²) in [6.45, 7) is 1.48. The van der Waals surface area contributed by atoms with E-state index in [0.717, 1.165) is 5.69 Å². The van der Waals surface area contributed by atoms with Gasteiger partial charge in [0, 0.05) is 31.2 Å². The largest absolute Gasteiger partial charge is 0.359 e. The van der Waals surface area contributed by atoms with Crippen LogP contribution < -0.4 is 21.1 Å². The van der Waals surface area contributed by atoms with Crippen LogP contribution >= 0.6 is 11.6 Å². The van der Waals surface area contributed by atoms with Gasteiger partial charge < -0.3 is 15.5 Å². The van der Waals surface area contributed by atoms with Gasteiger partial charge in [-0.05, 0) is 24.3 Å². The Balaban J connectivity index is 1.52. The number of aryl methyl sites for hydroxylation is 1. The number of piperazine rings is 1. The van der Waals surface area contributed by atoms with Crippen LogP contribution in [-0.4, -0.2) is 41.2 Å². The standard InChI is InChI=1S/C21H20ClN5O3/c1-26-21(30)15-5-3-2-4-14(15)17(25-26)11-19(28)24-13-6-7-18(16(22)10-13)27-9-8-23-20(29)12-27/h2-7,10H,8-9,11-12H2,1H3,(H,23,29)(H,24,28). The van der Waals surface area contributed by atoms with Crippen molar-refractivity contribution in [3.05, 3.63) is 63.5 Å². The van der Waals surface area contributed by atoms with Gasteiger partial charge in [0.2, 0.25) is 11.8 Å². The molecule has 1 saturated heterocycles. The Morgan fingerprint density at radius 2 is 1.97 bits per heavy atom. The second kappa shape index (κ2) is 8.16. The van der Waals surface area contributed by atoms with Crippen LogP contribution in [0.3, 0.4) is 0 Å². The number of hydrogen-bond donors (Lipinski definition) is 2. The molecule has 0 aliphatic carbocycles. The first-order valence-corrected chi connectivity index (χ1v) is 9.86. The zero-order valence-electron chi connectivity index (χ0n) is 16.3. The first-order valence-electron chi connectivity index (χ1n) is 9.48. The van der Waals surface area contributed by atoms with Gasteiger partial charge in [-0.25, -0.2) is 4.68 Å². The Morgan fingerprint density at radius 3 is 2.70 bits per heavy atom. The third-order valence-electron chi connectivity index (χ3n) is 4.97. The number of nitrogens with zero attached hydrogens (tertiary/aromatic N) is 3. The van der Waals surface area contributed by atoms with Crippen LogP contribution in [0, 0.1) is 0 Å². The van der Waals surface area contributed by atoms with Crippen molar-refractivity contribution in [2.75, 3.05) is 29.9 Å². The Bertz CT molecular complexity index is 1210. The highest BCUT2D eigenvalue weighted by Gasteiger charge is 2.19. The first-order chi connectivity index (χ1) is 14.4. The zero-order valence-corrected chi connectivity index (χ0v) is 17.1. The van der Waals surface area contributed by atoms with Gasteiger partial charge in [-0.15, -0.1) is 0 Å². The summed E-state index contributed by atoms with van der Waals surface area (Å²) < 4.78 is 1.24. The number of hydrogen-bond acceptors (Lipinski definition) is 5. The van der Waals surface area contributed by atoms with Crippen molar-refractivity contribution >= 4 is 45.6 Å². The van der Waals surface area contributed by atoms with Crippen molar-refractivity contribution in [3.8, 4) is 0 Å². The number of nitrogens with one attached hydrogen (secondary N) is 2. The average Bonchev–Trinajstić information content (AvgIpc) is 2.72. The van der Waals surface area contributed by atoms with Crippen LogP contribution in [0.5, 0.6) is 0 Å². The van der Waals surface area contributed by atoms with Crippen LogP contribution in [0.1, 0.15) is 5.69 Å². The molecule has 2 amide bonds. The molecule has 2 N–H and O–H groups in total. The maximum Gasteiger partial charge on any atom is 0.274 e. The average molecular weight is 426 g/mol. The summed E-state index contributed by atoms with van der Waals surface area (Å²) in [6, 6.07) is 12.3. The lowest BCUT2D eigenvalue weighted by Crippen LogP contribution is -2.47. The van der Waals surface area contributed by atoms with Crippen LogP contribution in [0.4, 0.5) is 11.4 Å². The molecule has 0 bridgehead atoms. The molecule has 1 aliphatic heterocycles. The van der Waals surface area contributed by atoms with Crippen molar-refractivity contribution in [2.45, 2.75) is 6.42 Å². The van der Waals surface area contributed by atoms with E-state index in [1.807, 2.05) is 11.0 Å². The first kappa shape index (κ1) is 19.9. The van der Waals surface area contributed by atoms with E-state index in [-0.39, 0.29) is 30.3 Å². The summed E-state index contributed by atoms with van der Waals surface area (Å²) in [6.07, 6.45) is 0.0142. The molecule has 4 rings (SSSR count). The Labute approximate surface area is 177 Å². The molecule has 2 heterocycles. The third kappa shape index (κ3) is 3.99. The molecule has 1 aliphatic rings. The molecule has 0 spiro atoms. The number of rotatable bonds is 4. The molecular formula is C21H20ClN5O3. The molecule has 1 aromatic heterocycles. The summed E-state index contributed by atoms with van der Waals surface area (Å²) in [5.74, 6) is -0.320. The number of amides is 2. The van der Waals surface area contributed by atoms with E-state index >= 15 is 0 Å². The predicted octanol–water partition coefficient (Wildman–Crippen LogP) is 1.70. The van der Waals surface area contributed by atoms with Crippen molar-refractivity contribution in [1.82, 2.24) is 15.1 Å². The van der Waals surface area contributed by atoms with Crippen LogP contribution in [0.2, 0.25) is 5.02 Å². The smallest absolute Gasteiger partial charge is 0.274 e. The number of anilines is 2. The Kier molecular flexibility index (Phi) is 5.41. The van der Waals surface area contributed by atoms with Gasteiger partial charge in [-0.1, -0.05) is 29.8 Å². The monoisotopic (exact) mass is 425 g/mol. The molecule has 8 nitrogen and oxygen atoms in total. The quantitative estimate of drug-likeness (QED) is 0.663. The van der Waals surface area contributed by atoms with E-state index in [0.29, 0.717) is 40.3 Å². The molecule has 30 heavy (non-hydrogen) atoms. The molecule has 0 radical (unpaired) electrons. The number of halogens is 1. The number of aromatic nitrogens is 2. The summed E-state index contributed by atoms with van der Waals surface area (Å²) in [4.78, 5) is 38.3. The van der Waals surface area contributed by atoms with Crippen molar-refractivity contribution in [2.24, 2.45) is 7.05 Å². The van der Waals surface area contributed by atoms with Crippen LogP contribution in [0.15, 0.2) is 47.3 Å². The van der Waals surface area contributed by atoms with Crippen LogP contribution in [0.25, 0.3) is 10.8 Å². The van der Waals surface area contributed by atoms with E-state index in [1.54, 1.807) is 43.4 Å². The van der Waals surface area contributed by atoms with Crippen molar-refractivity contribution < 1.29 is 9.59 Å². The molecule has 154 valence electrons. The van der Waals surface area contributed by atoms with E-state index < -0.39 is 0 Å². The van der Waals surface area contributed by atoms with Gasteiger partial charge in [0.25, 0.3) is 5.56 Å². The fourth-order valence-electron chi connectivity index (χ4n) is 3.55. The molecule has 1 fully saturated rings. The normalized spacial score (nSPS) is 13.9. The van der Waals surface area contributed by atoms with E-state index in [1.165, 1.54) is 4.68 Å². The predicted molar refractivity (Wildman–Crippen MR) is 116 cm³/mol. The second-order valence-electron chi connectivity index (χ2n) is 7.08. The lowest BCUT2D eigenvalue weighted by Gasteiger charge is -2.29. The molecule has 0 atom stereocenters. The Hall–Kier alpha value is -3.39. The van der Waals surface area contributed by atoms with Crippen molar-refractivity contribution in [3.63, 3.8) is 0 Å². The number of carbonyl (C=O) groups excluding carboxylic acids is 2. The summed E-state index contributed by atoms with van der Waals surface area (Å²) in [5, 5.41) is 11.5. The van der Waals surface area contributed by atoms with Crippen molar-refractivity contribution in [1.29, 1.82) is 0 Å². The van der Waals surface area contributed by atoms with E-state index in [2.05, 4.69) is 15.7 Å². The molecule has 9 heteroatoms. The minimum Gasteiger partial charge on any atom is -0.359 e. The molecule has 2 aromatic carbocycles. The van der Waals surface area contributed by atoms with Crippen LogP contribution in [-0.2, 0) is 23.1 Å². The fraction of sp³-hybridized carbons (Fsp3) is 0.238. The maximum absolute atomic E-state index is 12.6. The van der Waals surface area contributed by atoms with Gasteiger partial charge in [-0.2, -0.15) is 5.10 Å². The SMILES string of the molecule is Cn1nc(CC(=O)Nc2ccc(N3CCNC(=O)C3)c(Cl)c2)c2ccccc2c1=O. The van der Waals surface area contributed by atoms with E-state index in [4.69, 9.17) is 11.6 Å². The highest BCUT2D eigenvalue weighted by Crippen LogP contribution is 2.29. The fourth-order valence-corrected chi connectivity index (χ4v) is 3.85. The molecule has 0 unspecified atom stereocenters. The lowest BCUT2D eigenvalue weighted by molar-refractivity contribution is -0.120. The molecule has 0 saturated carbocycles. The summed E-state index contributed by atoms with van der Waals surface area (Å²) in [7, 11) is 1.57. The van der Waals surface area contributed by atoms with Gasteiger partial charge in [0.15, 0.2) is 0 Å². The van der Waals surface area contributed by atoms with Gasteiger partial charge in [-0.3, -0.25) is 14.4 Å². The van der Waals surface area contributed by atoms with Gasteiger partial charge in [0.1, 0.15) is 0 Å². The maximum atomic E-state index is 12.6. The third-order valence-corrected chi connectivity index (χ3v) is 5.27. The number of fused-ring (bicyclic) bond motifs is 1. The molecule has 3 aromatic rings. The topological polar surface area (TPSA) is 96.3 Å². The second-order valence-corrected chi connectivity index (χ2v) is 7.49. The summed E-state index contributed by atoms with van der Waals surface area (Å²) >= 11 is 6.40. The lowest BCUT2D eigenvalue weighted by atomic mass is 10.1. The minimum atomic E-state index is -0.271. The Morgan fingerprint density at radius 1 is 1.20 bits per heavy atom. The highest BCUT2D eigenvalue weighted by molar-refractivity contribution is 6.33. The minimum absolute atomic E-state index is 0.0142.